The third-order valence-corrected chi connectivity index (χ3v) is 7.80. The zero-order valence-corrected chi connectivity index (χ0v) is 18.6. The smallest absolute Gasteiger partial charge is 0.264 e. The van der Waals surface area contributed by atoms with Gasteiger partial charge in [-0.25, -0.2) is 8.42 Å². The molecule has 31 heavy (non-hydrogen) atoms. The van der Waals surface area contributed by atoms with Crippen LogP contribution in [0.2, 0.25) is 5.02 Å². The first-order valence-corrected chi connectivity index (χ1v) is 12.1. The lowest BCUT2D eigenvalue weighted by molar-refractivity contribution is 0.204. The number of sulfonamides is 1. The van der Waals surface area contributed by atoms with E-state index < -0.39 is 10.0 Å². The van der Waals surface area contributed by atoms with Crippen LogP contribution < -0.4 is 4.31 Å². The lowest BCUT2D eigenvalue weighted by Crippen LogP contribution is -2.47. The minimum Gasteiger partial charge on any atom is -0.508 e. The topological polar surface area (TPSA) is 60.9 Å². The van der Waals surface area contributed by atoms with E-state index in [0.29, 0.717) is 35.8 Å². The standard InChI is InChI=1S/C24H25ClN2O3S/c25-20-10-12-23(13-11-20)31(29,30)27(21-7-2-1-3-8-21)22-14-16-26(17-15-22)18-19-6-4-5-9-24(19)28/h1-13,22,28H,14-18H2. The van der Waals surface area contributed by atoms with Crippen molar-refractivity contribution in [2.75, 3.05) is 17.4 Å². The van der Waals surface area contributed by atoms with Gasteiger partial charge in [0.25, 0.3) is 10.0 Å². The number of rotatable bonds is 6. The minimum atomic E-state index is -3.74. The Labute approximate surface area is 188 Å². The van der Waals surface area contributed by atoms with E-state index in [2.05, 4.69) is 4.90 Å². The van der Waals surface area contributed by atoms with Crippen molar-refractivity contribution in [2.45, 2.75) is 30.3 Å². The fourth-order valence-electron chi connectivity index (χ4n) is 4.04. The highest BCUT2D eigenvalue weighted by Crippen LogP contribution is 2.31. The third kappa shape index (κ3) is 4.87. The van der Waals surface area contributed by atoms with E-state index >= 15 is 0 Å². The van der Waals surface area contributed by atoms with Crippen molar-refractivity contribution < 1.29 is 13.5 Å². The number of anilines is 1. The molecule has 1 aliphatic rings. The van der Waals surface area contributed by atoms with Crippen molar-refractivity contribution >= 4 is 27.3 Å². The van der Waals surface area contributed by atoms with Gasteiger partial charge in [-0.1, -0.05) is 48.0 Å². The number of phenols is 1. The summed E-state index contributed by atoms with van der Waals surface area (Å²) in [5, 5.41) is 10.6. The van der Waals surface area contributed by atoms with Crippen LogP contribution in [0.25, 0.3) is 0 Å². The van der Waals surface area contributed by atoms with Crippen LogP contribution in [0.1, 0.15) is 18.4 Å². The summed E-state index contributed by atoms with van der Waals surface area (Å²) in [4.78, 5) is 2.49. The molecule has 1 aliphatic heterocycles. The van der Waals surface area contributed by atoms with E-state index in [0.717, 1.165) is 18.7 Å². The van der Waals surface area contributed by atoms with Crippen molar-refractivity contribution in [2.24, 2.45) is 0 Å². The van der Waals surface area contributed by atoms with E-state index in [-0.39, 0.29) is 10.9 Å². The van der Waals surface area contributed by atoms with Gasteiger partial charge < -0.3 is 5.11 Å². The molecule has 0 aromatic heterocycles. The predicted molar refractivity (Wildman–Crippen MR) is 124 cm³/mol. The summed E-state index contributed by atoms with van der Waals surface area (Å²) >= 11 is 5.97. The van der Waals surface area contributed by atoms with Crippen LogP contribution in [0, 0.1) is 0 Å². The van der Waals surface area contributed by atoms with Crippen molar-refractivity contribution in [3.8, 4) is 5.75 Å². The van der Waals surface area contributed by atoms with E-state index in [9.17, 15) is 13.5 Å². The lowest BCUT2D eigenvalue weighted by atomic mass is 10.0. The molecule has 4 rings (SSSR count). The Morgan fingerprint density at radius 2 is 1.52 bits per heavy atom. The molecule has 5 nitrogen and oxygen atoms in total. The molecule has 3 aromatic carbocycles. The van der Waals surface area contributed by atoms with Crippen LogP contribution in [0.15, 0.2) is 83.8 Å². The van der Waals surface area contributed by atoms with E-state index in [4.69, 9.17) is 11.6 Å². The monoisotopic (exact) mass is 456 g/mol. The molecule has 1 fully saturated rings. The predicted octanol–water partition coefficient (Wildman–Crippen LogP) is 4.91. The maximum absolute atomic E-state index is 13.6. The average molecular weight is 457 g/mol. The van der Waals surface area contributed by atoms with Gasteiger partial charge in [-0.2, -0.15) is 0 Å². The number of halogens is 1. The van der Waals surface area contributed by atoms with Gasteiger partial charge in [0.05, 0.1) is 10.6 Å². The molecule has 0 unspecified atom stereocenters. The molecule has 0 spiro atoms. The summed E-state index contributed by atoms with van der Waals surface area (Å²) in [5.41, 5.74) is 1.55. The van der Waals surface area contributed by atoms with Gasteiger partial charge in [0.2, 0.25) is 0 Å². The molecule has 0 saturated carbocycles. The second kappa shape index (κ2) is 9.30. The number of hydrogen-bond donors (Lipinski definition) is 1. The van der Waals surface area contributed by atoms with Gasteiger partial charge in [-0.15, -0.1) is 0 Å². The fourth-order valence-corrected chi connectivity index (χ4v) is 5.87. The molecule has 0 aliphatic carbocycles. The maximum atomic E-state index is 13.6. The van der Waals surface area contributed by atoms with Gasteiger partial charge in [-0.3, -0.25) is 9.21 Å². The maximum Gasteiger partial charge on any atom is 0.264 e. The second-order valence-corrected chi connectivity index (χ2v) is 9.98. The Morgan fingerprint density at radius 3 is 2.16 bits per heavy atom. The fraction of sp³-hybridized carbons (Fsp3) is 0.250. The molecule has 0 radical (unpaired) electrons. The SMILES string of the molecule is O=S(=O)(c1ccc(Cl)cc1)N(c1ccccc1)C1CCN(Cc2ccccc2O)CC1. The number of likely N-dealkylation sites (tertiary alicyclic amines) is 1. The largest absolute Gasteiger partial charge is 0.508 e. The number of phenolic OH excluding ortho intramolecular Hbond substituents is 1. The van der Waals surface area contributed by atoms with Gasteiger partial charge in [0.1, 0.15) is 5.75 Å². The third-order valence-electron chi connectivity index (χ3n) is 5.66. The molecule has 1 N–H and O–H groups in total. The average Bonchev–Trinajstić information content (AvgIpc) is 2.78. The first-order valence-electron chi connectivity index (χ1n) is 10.3. The minimum absolute atomic E-state index is 0.149. The second-order valence-electron chi connectivity index (χ2n) is 7.73. The van der Waals surface area contributed by atoms with Gasteiger partial charge in [0.15, 0.2) is 0 Å². The summed E-state index contributed by atoms with van der Waals surface area (Å²) in [6.07, 6.45) is 1.41. The van der Waals surface area contributed by atoms with Crippen LogP contribution in [0.3, 0.4) is 0 Å². The Bertz CT molecular complexity index is 1110. The summed E-state index contributed by atoms with van der Waals surface area (Å²) in [6.45, 7) is 2.14. The Hall–Kier alpha value is -2.54. The molecular weight excluding hydrogens is 432 g/mol. The number of benzene rings is 3. The van der Waals surface area contributed by atoms with Crippen molar-refractivity contribution in [3.63, 3.8) is 0 Å². The molecule has 3 aromatic rings. The number of piperidine rings is 1. The highest BCUT2D eigenvalue weighted by Gasteiger charge is 2.34. The number of aromatic hydroxyl groups is 1. The number of hydrogen-bond acceptors (Lipinski definition) is 4. The van der Waals surface area contributed by atoms with Crippen molar-refractivity contribution in [3.05, 3.63) is 89.4 Å². The molecule has 0 atom stereocenters. The van der Waals surface area contributed by atoms with Gasteiger partial charge in [-0.05, 0) is 55.3 Å². The number of para-hydroxylation sites is 2. The Morgan fingerprint density at radius 1 is 0.903 bits per heavy atom. The highest BCUT2D eigenvalue weighted by molar-refractivity contribution is 7.92. The summed E-state index contributed by atoms with van der Waals surface area (Å²) in [5.74, 6) is 0.292. The van der Waals surface area contributed by atoms with Crippen LogP contribution in [0.5, 0.6) is 5.75 Å². The van der Waals surface area contributed by atoms with E-state index in [1.165, 1.54) is 0 Å². The Kier molecular flexibility index (Phi) is 6.51. The quantitative estimate of drug-likeness (QED) is 0.572. The summed E-state index contributed by atoms with van der Waals surface area (Å²) < 4.78 is 28.8. The van der Waals surface area contributed by atoms with Crippen molar-refractivity contribution in [1.82, 2.24) is 4.90 Å². The van der Waals surface area contributed by atoms with Gasteiger partial charge >= 0.3 is 0 Å². The molecule has 7 heteroatoms. The summed E-state index contributed by atoms with van der Waals surface area (Å²) in [7, 11) is -3.74. The highest BCUT2D eigenvalue weighted by atomic mass is 35.5. The normalized spacial score (nSPS) is 15.6. The van der Waals surface area contributed by atoms with Gasteiger partial charge in [0, 0.05) is 36.3 Å². The molecule has 0 amide bonds. The molecule has 1 heterocycles. The molecule has 162 valence electrons. The van der Waals surface area contributed by atoms with Crippen LogP contribution in [0.4, 0.5) is 5.69 Å². The van der Waals surface area contributed by atoms with Crippen LogP contribution >= 0.6 is 11.6 Å². The van der Waals surface area contributed by atoms with E-state index in [1.807, 2.05) is 48.5 Å². The van der Waals surface area contributed by atoms with E-state index in [1.54, 1.807) is 34.6 Å². The lowest BCUT2D eigenvalue weighted by Gasteiger charge is -2.39. The van der Waals surface area contributed by atoms with Crippen molar-refractivity contribution in [1.29, 1.82) is 0 Å². The Balaban J connectivity index is 1.56. The summed E-state index contributed by atoms with van der Waals surface area (Å²) in [6, 6.07) is 22.8. The van der Waals surface area contributed by atoms with Crippen LogP contribution in [-0.2, 0) is 16.6 Å². The first kappa shape index (κ1) is 21.7. The molecule has 0 bridgehead atoms. The first-order chi connectivity index (χ1) is 14.9. The number of nitrogens with zero attached hydrogens (tertiary/aromatic N) is 2. The molecule has 1 saturated heterocycles. The zero-order chi connectivity index (χ0) is 21.8. The zero-order valence-electron chi connectivity index (χ0n) is 17.1. The molecular formula is C24H25ClN2O3S. The van der Waals surface area contributed by atoms with Crippen LogP contribution in [-0.4, -0.2) is 37.6 Å².